The van der Waals surface area contributed by atoms with Crippen molar-refractivity contribution in [2.75, 3.05) is 6.61 Å². The van der Waals surface area contributed by atoms with Crippen molar-refractivity contribution >= 4 is 28.9 Å². The highest BCUT2D eigenvalue weighted by molar-refractivity contribution is 5.98. The molecule has 132 valence electrons. The first-order chi connectivity index (χ1) is 11.8. The number of urea groups is 1. The van der Waals surface area contributed by atoms with Crippen LogP contribution >= 0.6 is 0 Å². The van der Waals surface area contributed by atoms with Crippen molar-refractivity contribution in [1.29, 1.82) is 0 Å². The fraction of sp³-hybridized carbons (Fsp3) is 0.353. The molecule has 8 nitrogen and oxygen atoms in total. The van der Waals surface area contributed by atoms with Crippen molar-refractivity contribution in [2.45, 2.75) is 33.7 Å². The van der Waals surface area contributed by atoms with E-state index in [4.69, 9.17) is 4.74 Å². The number of amides is 3. The molecule has 1 aromatic heterocycles. The number of hydrogen-bond donors (Lipinski definition) is 2. The molecule has 0 saturated carbocycles. The first-order valence-electron chi connectivity index (χ1n) is 7.78. The standard InChI is InChI=1S/C17H20N4O4/c1-9(2)18-17(24)21-15(22)8-25-16(23)12-5-6-13-14(7-12)20-11(4)10(3)19-13/h5-7,9H,8H2,1-4H3,(H2,18,21,22,24). The Balaban J connectivity index is 1.99. The molecule has 0 saturated heterocycles. The number of aryl methyl sites for hydroxylation is 2. The monoisotopic (exact) mass is 344 g/mol. The molecule has 2 aromatic rings. The summed E-state index contributed by atoms with van der Waals surface area (Å²) in [6.45, 7) is 6.66. The highest BCUT2D eigenvalue weighted by Crippen LogP contribution is 2.15. The van der Waals surface area contributed by atoms with Crippen LogP contribution in [-0.4, -0.2) is 40.5 Å². The van der Waals surface area contributed by atoms with Crippen molar-refractivity contribution in [3.63, 3.8) is 0 Å². The van der Waals surface area contributed by atoms with E-state index < -0.39 is 24.5 Å². The predicted octanol–water partition coefficient (Wildman–Crippen LogP) is 1.64. The van der Waals surface area contributed by atoms with Crippen LogP contribution in [0.2, 0.25) is 0 Å². The summed E-state index contributed by atoms with van der Waals surface area (Å²) in [4.78, 5) is 43.8. The van der Waals surface area contributed by atoms with Gasteiger partial charge in [0.05, 0.1) is 28.0 Å². The summed E-state index contributed by atoms with van der Waals surface area (Å²) < 4.78 is 4.92. The molecule has 2 N–H and O–H groups in total. The Morgan fingerprint density at radius 1 is 1.08 bits per heavy atom. The third-order valence-corrected chi connectivity index (χ3v) is 3.32. The van der Waals surface area contributed by atoms with Crippen LogP contribution in [0.5, 0.6) is 0 Å². The Labute approximate surface area is 145 Å². The first-order valence-corrected chi connectivity index (χ1v) is 7.78. The molecule has 0 spiro atoms. The van der Waals surface area contributed by atoms with E-state index in [-0.39, 0.29) is 11.6 Å². The molecule has 25 heavy (non-hydrogen) atoms. The lowest BCUT2D eigenvalue weighted by Gasteiger charge is -2.09. The van der Waals surface area contributed by atoms with E-state index in [0.29, 0.717) is 11.0 Å². The number of aromatic nitrogens is 2. The Bertz CT molecular complexity index is 833. The molecule has 1 heterocycles. The van der Waals surface area contributed by atoms with Crippen LogP contribution in [0.15, 0.2) is 18.2 Å². The summed E-state index contributed by atoms with van der Waals surface area (Å²) in [5.74, 6) is -1.39. The van der Waals surface area contributed by atoms with Crippen molar-refractivity contribution < 1.29 is 19.1 Å². The fourth-order valence-electron chi connectivity index (χ4n) is 2.03. The maximum absolute atomic E-state index is 12.1. The molecule has 0 bridgehead atoms. The van der Waals surface area contributed by atoms with Gasteiger partial charge in [-0.3, -0.25) is 10.1 Å². The van der Waals surface area contributed by atoms with Crippen LogP contribution in [-0.2, 0) is 9.53 Å². The number of esters is 1. The van der Waals surface area contributed by atoms with Crippen LogP contribution in [0, 0.1) is 13.8 Å². The topological polar surface area (TPSA) is 110 Å². The minimum Gasteiger partial charge on any atom is -0.452 e. The van der Waals surface area contributed by atoms with E-state index >= 15 is 0 Å². The summed E-state index contributed by atoms with van der Waals surface area (Å²) in [6, 6.07) is 4.03. The van der Waals surface area contributed by atoms with Gasteiger partial charge in [-0.15, -0.1) is 0 Å². The number of nitrogens with zero attached hydrogens (tertiary/aromatic N) is 2. The largest absolute Gasteiger partial charge is 0.452 e. The number of carbonyl (C=O) groups is 3. The van der Waals surface area contributed by atoms with Gasteiger partial charge in [0.15, 0.2) is 6.61 Å². The van der Waals surface area contributed by atoms with E-state index in [2.05, 4.69) is 20.6 Å². The Hall–Kier alpha value is -3.03. The minimum absolute atomic E-state index is 0.110. The second kappa shape index (κ2) is 7.69. The van der Waals surface area contributed by atoms with E-state index in [9.17, 15) is 14.4 Å². The predicted molar refractivity (Wildman–Crippen MR) is 91.1 cm³/mol. The summed E-state index contributed by atoms with van der Waals surface area (Å²) in [6.07, 6.45) is 0. The van der Waals surface area contributed by atoms with Crippen LogP contribution in [0.4, 0.5) is 4.79 Å². The van der Waals surface area contributed by atoms with Crippen molar-refractivity contribution in [2.24, 2.45) is 0 Å². The lowest BCUT2D eigenvalue weighted by molar-refractivity contribution is -0.123. The summed E-state index contributed by atoms with van der Waals surface area (Å²) in [5.41, 5.74) is 3.08. The minimum atomic E-state index is -0.710. The number of nitrogens with one attached hydrogen (secondary N) is 2. The summed E-state index contributed by atoms with van der Waals surface area (Å²) in [7, 11) is 0. The molecule has 0 aliphatic heterocycles. The first kappa shape index (κ1) is 18.3. The molecule has 0 radical (unpaired) electrons. The van der Waals surface area contributed by atoms with Gasteiger partial charge >= 0.3 is 12.0 Å². The van der Waals surface area contributed by atoms with E-state index in [0.717, 1.165) is 11.4 Å². The Morgan fingerprint density at radius 3 is 2.36 bits per heavy atom. The van der Waals surface area contributed by atoms with Gasteiger partial charge < -0.3 is 10.1 Å². The Kier molecular flexibility index (Phi) is 5.63. The fourth-order valence-corrected chi connectivity index (χ4v) is 2.03. The highest BCUT2D eigenvalue weighted by atomic mass is 16.5. The molecule has 0 aliphatic rings. The molecule has 8 heteroatoms. The van der Waals surface area contributed by atoms with Gasteiger partial charge in [-0.1, -0.05) is 0 Å². The average molecular weight is 344 g/mol. The second-order valence-corrected chi connectivity index (χ2v) is 5.85. The zero-order chi connectivity index (χ0) is 18.6. The SMILES string of the molecule is Cc1nc2ccc(C(=O)OCC(=O)NC(=O)NC(C)C)cc2nc1C. The van der Waals surface area contributed by atoms with Gasteiger partial charge in [0, 0.05) is 6.04 Å². The van der Waals surface area contributed by atoms with Crippen LogP contribution in [0.1, 0.15) is 35.6 Å². The molecule has 2 rings (SSSR count). The van der Waals surface area contributed by atoms with E-state index in [1.54, 1.807) is 32.0 Å². The zero-order valence-electron chi connectivity index (χ0n) is 14.5. The highest BCUT2D eigenvalue weighted by Gasteiger charge is 2.14. The lowest BCUT2D eigenvalue weighted by atomic mass is 10.2. The molecule has 1 aromatic carbocycles. The third-order valence-electron chi connectivity index (χ3n) is 3.32. The molecule has 0 atom stereocenters. The maximum Gasteiger partial charge on any atom is 0.338 e. The van der Waals surface area contributed by atoms with Gasteiger partial charge in [0.2, 0.25) is 0 Å². The summed E-state index contributed by atoms with van der Waals surface area (Å²) >= 11 is 0. The quantitative estimate of drug-likeness (QED) is 0.816. The van der Waals surface area contributed by atoms with Crippen molar-refractivity contribution in [3.05, 3.63) is 35.2 Å². The van der Waals surface area contributed by atoms with Crippen LogP contribution < -0.4 is 10.6 Å². The number of benzene rings is 1. The molecular weight excluding hydrogens is 324 g/mol. The normalized spacial score (nSPS) is 10.6. The van der Waals surface area contributed by atoms with Gasteiger partial charge in [-0.25, -0.2) is 19.6 Å². The van der Waals surface area contributed by atoms with E-state index in [1.165, 1.54) is 0 Å². The molecular formula is C17H20N4O4. The Morgan fingerprint density at radius 2 is 1.72 bits per heavy atom. The lowest BCUT2D eigenvalue weighted by Crippen LogP contribution is -2.44. The number of fused-ring (bicyclic) bond motifs is 1. The number of rotatable bonds is 4. The zero-order valence-corrected chi connectivity index (χ0v) is 14.5. The van der Waals surface area contributed by atoms with Crippen LogP contribution in [0.25, 0.3) is 11.0 Å². The van der Waals surface area contributed by atoms with Gasteiger partial charge in [0.1, 0.15) is 0 Å². The average Bonchev–Trinajstić information content (AvgIpc) is 2.52. The smallest absolute Gasteiger partial charge is 0.338 e. The maximum atomic E-state index is 12.1. The van der Waals surface area contributed by atoms with Crippen molar-refractivity contribution in [3.8, 4) is 0 Å². The van der Waals surface area contributed by atoms with Crippen molar-refractivity contribution in [1.82, 2.24) is 20.6 Å². The van der Waals surface area contributed by atoms with E-state index in [1.807, 2.05) is 13.8 Å². The number of ether oxygens (including phenoxy) is 1. The van der Waals surface area contributed by atoms with Gasteiger partial charge in [0.25, 0.3) is 5.91 Å². The molecule has 3 amide bonds. The number of carbonyl (C=O) groups excluding carboxylic acids is 3. The van der Waals surface area contributed by atoms with Gasteiger partial charge in [-0.2, -0.15) is 0 Å². The third kappa shape index (κ3) is 4.97. The molecule has 0 fully saturated rings. The molecule has 0 aliphatic carbocycles. The number of hydrogen-bond acceptors (Lipinski definition) is 6. The number of imide groups is 1. The van der Waals surface area contributed by atoms with Gasteiger partial charge in [-0.05, 0) is 45.9 Å². The molecule has 0 unspecified atom stereocenters. The van der Waals surface area contributed by atoms with Crippen LogP contribution in [0.3, 0.4) is 0 Å². The summed E-state index contributed by atoms with van der Waals surface area (Å²) in [5, 5.41) is 4.57. The second-order valence-electron chi connectivity index (χ2n) is 5.85.